The molecule has 2 aromatic rings. The maximum Gasteiger partial charge on any atom is 0.337 e. The third-order valence-corrected chi connectivity index (χ3v) is 3.75. The van der Waals surface area contributed by atoms with E-state index in [4.69, 9.17) is 4.74 Å². The fourth-order valence-electron chi connectivity index (χ4n) is 2.33. The first-order valence-corrected chi connectivity index (χ1v) is 7.37. The third-order valence-electron chi connectivity index (χ3n) is 3.75. The van der Waals surface area contributed by atoms with Crippen LogP contribution in [0, 0.1) is 11.7 Å². The number of esters is 1. The fourth-order valence-corrected chi connectivity index (χ4v) is 2.33. The van der Waals surface area contributed by atoms with Gasteiger partial charge in [0.1, 0.15) is 5.82 Å². The second kappa shape index (κ2) is 6.20. The monoisotopic (exact) mass is 313 g/mol. The molecule has 118 valence electrons. The highest BCUT2D eigenvalue weighted by atomic mass is 19.1. The molecule has 0 aliphatic heterocycles. The van der Waals surface area contributed by atoms with Gasteiger partial charge in [0.25, 0.3) is 0 Å². The SMILES string of the molecule is COC(=O)c1cc(NC(=O)C2CC2)cc(-c2ccc(F)cc2)c1. The molecule has 0 bridgehead atoms. The van der Waals surface area contributed by atoms with E-state index < -0.39 is 5.97 Å². The Hall–Kier alpha value is -2.69. The van der Waals surface area contributed by atoms with Crippen molar-refractivity contribution in [2.75, 3.05) is 12.4 Å². The van der Waals surface area contributed by atoms with Crippen molar-refractivity contribution in [3.63, 3.8) is 0 Å². The Balaban J connectivity index is 1.98. The Bertz CT molecular complexity index is 751. The number of anilines is 1. The zero-order valence-electron chi connectivity index (χ0n) is 12.6. The topological polar surface area (TPSA) is 55.4 Å². The average Bonchev–Trinajstić information content (AvgIpc) is 3.39. The molecule has 0 radical (unpaired) electrons. The number of methoxy groups -OCH3 is 1. The van der Waals surface area contributed by atoms with Crippen molar-refractivity contribution >= 4 is 17.6 Å². The molecule has 0 atom stereocenters. The van der Waals surface area contributed by atoms with Crippen LogP contribution in [0.5, 0.6) is 0 Å². The van der Waals surface area contributed by atoms with Gasteiger partial charge in [-0.2, -0.15) is 0 Å². The van der Waals surface area contributed by atoms with Crippen molar-refractivity contribution < 1.29 is 18.7 Å². The molecule has 0 spiro atoms. The molecule has 1 N–H and O–H groups in total. The Morgan fingerprint density at radius 3 is 2.39 bits per heavy atom. The highest BCUT2D eigenvalue weighted by Gasteiger charge is 2.29. The first-order valence-electron chi connectivity index (χ1n) is 7.37. The van der Waals surface area contributed by atoms with Crippen molar-refractivity contribution in [3.05, 3.63) is 53.8 Å². The van der Waals surface area contributed by atoms with E-state index in [-0.39, 0.29) is 17.6 Å². The molecule has 1 amide bonds. The molecule has 0 unspecified atom stereocenters. The lowest BCUT2D eigenvalue weighted by Crippen LogP contribution is -2.14. The Morgan fingerprint density at radius 1 is 1.09 bits per heavy atom. The molecule has 0 heterocycles. The molecular weight excluding hydrogens is 297 g/mol. The molecule has 1 aliphatic carbocycles. The van der Waals surface area contributed by atoms with Gasteiger partial charge in [-0.15, -0.1) is 0 Å². The summed E-state index contributed by atoms with van der Waals surface area (Å²) < 4.78 is 17.8. The first-order chi connectivity index (χ1) is 11.1. The zero-order chi connectivity index (χ0) is 16.4. The molecular formula is C18H16FNO3. The van der Waals surface area contributed by atoms with Crippen molar-refractivity contribution in [2.45, 2.75) is 12.8 Å². The van der Waals surface area contributed by atoms with E-state index in [2.05, 4.69) is 5.32 Å². The summed E-state index contributed by atoms with van der Waals surface area (Å²) in [4.78, 5) is 23.8. The summed E-state index contributed by atoms with van der Waals surface area (Å²) in [7, 11) is 1.30. The smallest absolute Gasteiger partial charge is 0.337 e. The molecule has 1 fully saturated rings. The quantitative estimate of drug-likeness (QED) is 0.877. The van der Waals surface area contributed by atoms with E-state index in [0.29, 0.717) is 16.8 Å². The summed E-state index contributed by atoms with van der Waals surface area (Å²) in [6.45, 7) is 0. The second-order valence-corrected chi connectivity index (χ2v) is 5.56. The number of hydrogen-bond donors (Lipinski definition) is 1. The molecule has 3 rings (SSSR count). The summed E-state index contributed by atoms with van der Waals surface area (Å²) >= 11 is 0. The van der Waals surface area contributed by atoms with Crippen molar-refractivity contribution in [1.82, 2.24) is 0 Å². The van der Waals surface area contributed by atoms with Crippen LogP contribution in [0.2, 0.25) is 0 Å². The summed E-state index contributed by atoms with van der Waals surface area (Å²) in [5, 5.41) is 2.82. The summed E-state index contributed by atoms with van der Waals surface area (Å²) in [6.07, 6.45) is 1.79. The first kappa shape index (κ1) is 15.2. The van der Waals surface area contributed by atoms with Crippen molar-refractivity contribution in [3.8, 4) is 11.1 Å². The fraction of sp³-hybridized carbons (Fsp3) is 0.222. The van der Waals surface area contributed by atoms with Gasteiger partial charge in [0.05, 0.1) is 12.7 Å². The minimum absolute atomic E-state index is 0.0444. The highest BCUT2D eigenvalue weighted by molar-refractivity contribution is 5.98. The van der Waals surface area contributed by atoms with E-state index in [1.807, 2.05) is 0 Å². The van der Waals surface area contributed by atoms with Gasteiger partial charge in [-0.05, 0) is 54.3 Å². The van der Waals surface area contributed by atoms with E-state index in [1.54, 1.807) is 30.3 Å². The number of benzene rings is 2. The Labute approximate surface area is 133 Å². The van der Waals surface area contributed by atoms with Crippen LogP contribution in [0.4, 0.5) is 10.1 Å². The molecule has 5 heteroatoms. The molecule has 4 nitrogen and oxygen atoms in total. The molecule has 2 aromatic carbocycles. The van der Waals surface area contributed by atoms with E-state index >= 15 is 0 Å². The van der Waals surface area contributed by atoms with Crippen LogP contribution in [0.25, 0.3) is 11.1 Å². The van der Waals surface area contributed by atoms with Crippen molar-refractivity contribution in [1.29, 1.82) is 0 Å². The number of carbonyl (C=O) groups excluding carboxylic acids is 2. The summed E-state index contributed by atoms with van der Waals surface area (Å²) in [6, 6.07) is 11.0. The van der Waals surface area contributed by atoms with Gasteiger partial charge >= 0.3 is 5.97 Å². The Morgan fingerprint density at radius 2 is 1.78 bits per heavy atom. The van der Waals surface area contributed by atoms with E-state index in [9.17, 15) is 14.0 Å². The van der Waals surface area contributed by atoms with E-state index in [0.717, 1.165) is 18.4 Å². The number of carbonyl (C=O) groups is 2. The van der Waals surface area contributed by atoms with Gasteiger partial charge in [-0.3, -0.25) is 4.79 Å². The number of amides is 1. The largest absolute Gasteiger partial charge is 0.465 e. The Kier molecular flexibility index (Phi) is 4.10. The standard InChI is InChI=1S/C18H16FNO3/c1-23-18(22)14-8-13(11-4-6-15(19)7-5-11)9-16(10-14)20-17(21)12-2-3-12/h4-10,12H,2-3H2,1H3,(H,20,21). The predicted molar refractivity (Wildman–Crippen MR) is 84.5 cm³/mol. The van der Waals surface area contributed by atoms with Crippen molar-refractivity contribution in [2.24, 2.45) is 5.92 Å². The molecule has 0 aromatic heterocycles. The number of rotatable bonds is 4. The molecule has 23 heavy (non-hydrogen) atoms. The molecule has 1 aliphatic rings. The van der Waals surface area contributed by atoms with Gasteiger partial charge in [-0.1, -0.05) is 12.1 Å². The maximum atomic E-state index is 13.1. The average molecular weight is 313 g/mol. The third kappa shape index (κ3) is 3.56. The van der Waals surface area contributed by atoms with Crippen LogP contribution < -0.4 is 5.32 Å². The maximum absolute atomic E-state index is 13.1. The van der Waals surface area contributed by atoms with Gasteiger partial charge < -0.3 is 10.1 Å². The number of nitrogens with one attached hydrogen (secondary N) is 1. The highest BCUT2D eigenvalue weighted by Crippen LogP contribution is 2.31. The van der Waals surface area contributed by atoms with Gasteiger partial charge in [-0.25, -0.2) is 9.18 Å². The van der Waals surface area contributed by atoms with Crippen LogP contribution in [0.15, 0.2) is 42.5 Å². The van der Waals surface area contributed by atoms with Crippen LogP contribution in [0.1, 0.15) is 23.2 Å². The minimum Gasteiger partial charge on any atom is -0.465 e. The predicted octanol–water partition coefficient (Wildman–Crippen LogP) is 3.63. The van der Waals surface area contributed by atoms with E-state index in [1.165, 1.54) is 19.2 Å². The lowest BCUT2D eigenvalue weighted by Gasteiger charge is -2.10. The summed E-state index contributed by atoms with van der Waals surface area (Å²) in [5.74, 6) is -0.806. The zero-order valence-corrected chi connectivity index (χ0v) is 12.6. The van der Waals surface area contributed by atoms with Crippen LogP contribution >= 0.6 is 0 Å². The number of halogens is 1. The van der Waals surface area contributed by atoms with Crippen LogP contribution in [0.3, 0.4) is 0 Å². The second-order valence-electron chi connectivity index (χ2n) is 5.56. The lowest BCUT2D eigenvalue weighted by molar-refractivity contribution is -0.117. The number of ether oxygens (including phenoxy) is 1. The summed E-state index contributed by atoms with van der Waals surface area (Å²) in [5.41, 5.74) is 2.32. The number of hydrogen-bond acceptors (Lipinski definition) is 3. The minimum atomic E-state index is -0.490. The lowest BCUT2D eigenvalue weighted by atomic mass is 10.0. The molecule has 0 saturated heterocycles. The van der Waals surface area contributed by atoms with Crippen LogP contribution in [-0.4, -0.2) is 19.0 Å². The normalized spacial score (nSPS) is 13.5. The van der Waals surface area contributed by atoms with Gasteiger partial charge in [0.15, 0.2) is 0 Å². The molecule has 1 saturated carbocycles. The van der Waals surface area contributed by atoms with Gasteiger partial charge in [0, 0.05) is 11.6 Å². The van der Waals surface area contributed by atoms with Crippen LogP contribution in [-0.2, 0) is 9.53 Å². The van der Waals surface area contributed by atoms with Gasteiger partial charge in [0.2, 0.25) is 5.91 Å².